The van der Waals surface area contributed by atoms with Crippen LogP contribution in [0.5, 0.6) is 11.5 Å². The Bertz CT molecular complexity index is 1200. The van der Waals surface area contributed by atoms with Crippen LogP contribution in [0.25, 0.3) is 0 Å². The third kappa shape index (κ3) is 5.19. The fourth-order valence-electron chi connectivity index (χ4n) is 4.45. The maximum atomic E-state index is 13.5. The van der Waals surface area contributed by atoms with Crippen molar-refractivity contribution in [1.29, 1.82) is 0 Å². The molecule has 2 heterocycles. The van der Waals surface area contributed by atoms with Crippen molar-refractivity contribution in [3.8, 4) is 11.5 Å². The second kappa shape index (κ2) is 9.86. The summed E-state index contributed by atoms with van der Waals surface area (Å²) >= 11 is 0. The second-order valence-corrected chi connectivity index (χ2v) is 9.46. The fraction of sp³-hybridized carbons (Fsp3) is 0.357. The molecule has 0 saturated heterocycles. The Labute approximate surface area is 205 Å². The number of hydrogen-bond acceptors (Lipinski definition) is 4. The number of aromatic nitrogens is 1. The molecule has 0 N–H and O–H groups in total. The van der Waals surface area contributed by atoms with Crippen molar-refractivity contribution in [2.24, 2.45) is 0 Å². The van der Waals surface area contributed by atoms with E-state index in [9.17, 15) is 9.59 Å². The molecule has 0 radical (unpaired) electrons. The van der Waals surface area contributed by atoms with Crippen LogP contribution in [0.1, 0.15) is 48.3 Å². The van der Waals surface area contributed by atoms with Gasteiger partial charge in [-0.15, -0.1) is 0 Å². The highest BCUT2D eigenvalue weighted by Gasteiger charge is 2.36. The van der Waals surface area contributed by atoms with Crippen molar-refractivity contribution in [2.45, 2.75) is 51.9 Å². The van der Waals surface area contributed by atoms with E-state index in [-0.39, 0.29) is 37.2 Å². The average Bonchev–Trinajstić information content (AvgIpc) is 3.43. The van der Waals surface area contributed by atoms with Gasteiger partial charge in [-0.2, -0.15) is 0 Å². The zero-order valence-electron chi connectivity index (χ0n) is 20.2. The van der Waals surface area contributed by atoms with Gasteiger partial charge in [0.05, 0.1) is 6.54 Å². The van der Waals surface area contributed by atoms with Gasteiger partial charge in [0.25, 0.3) is 5.91 Å². The number of carbonyl (C=O) groups is 2. The highest BCUT2D eigenvalue weighted by atomic mass is 16.7. The number of carbonyl (C=O) groups excluding carboxylic acids is 2. The zero-order valence-corrected chi connectivity index (χ0v) is 20.2. The van der Waals surface area contributed by atoms with Crippen molar-refractivity contribution in [2.75, 3.05) is 13.3 Å². The zero-order chi connectivity index (χ0) is 24.4. The van der Waals surface area contributed by atoms with Crippen molar-refractivity contribution in [3.63, 3.8) is 0 Å². The summed E-state index contributed by atoms with van der Waals surface area (Å²) in [4.78, 5) is 30.5. The summed E-state index contributed by atoms with van der Waals surface area (Å²) in [5.41, 5.74) is 2.79. The molecule has 7 nitrogen and oxygen atoms in total. The molecule has 1 aromatic heterocycles. The number of rotatable bonds is 9. The molecule has 7 heteroatoms. The highest BCUT2D eigenvalue weighted by Crippen LogP contribution is 2.34. The number of fused-ring (bicyclic) bond motifs is 1. The standard InChI is InChI=1S/C28H31N3O4/c1-20(2)30(17-24-9-6-14-29(24)16-21-7-4-3-5-8-21)27(32)18-31(23-11-12-23)28(33)22-10-13-25-26(15-22)35-19-34-25/h3-10,13-15,20,23H,11-12,16-19H2,1-2H3. The van der Waals surface area contributed by atoms with Crippen LogP contribution in [0, 0.1) is 0 Å². The van der Waals surface area contributed by atoms with Gasteiger partial charge >= 0.3 is 0 Å². The lowest BCUT2D eigenvalue weighted by Crippen LogP contribution is -2.46. The van der Waals surface area contributed by atoms with Crippen LogP contribution >= 0.6 is 0 Å². The van der Waals surface area contributed by atoms with E-state index in [0.29, 0.717) is 23.6 Å². The van der Waals surface area contributed by atoms with Crippen LogP contribution in [-0.4, -0.2) is 51.6 Å². The Morgan fingerprint density at radius 1 is 1.00 bits per heavy atom. The maximum Gasteiger partial charge on any atom is 0.254 e. The lowest BCUT2D eigenvalue weighted by atomic mass is 10.1. The molecule has 1 aliphatic heterocycles. The largest absolute Gasteiger partial charge is 0.454 e. The number of nitrogens with zero attached hydrogens (tertiary/aromatic N) is 3. The van der Waals surface area contributed by atoms with Crippen LogP contribution in [0.3, 0.4) is 0 Å². The minimum Gasteiger partial charge on any atom is -0.454 e. The Morgan fingerprint density at radius 3 is 2.51 bits per heavy atom. The number of hydrogen-bond donors (Lipinski definition) is 0. The molecule has 5 rings (SSSR count). The van der Waals surface area contributed by atoms with E-state index >= 15 is 0 Å². The smallest absolute Gasteiger partial charge is 0.254 e. The maximum absolute atomic E-state index is 13.5. The predicted molar refractivity (Wildman–Crippen MR) is 132 cm³/mol. The lowest BCUT2D eigenvalue weighted by Gasteiger charge is -2.31. The van der Waals surface area contributed by atoms with Crippen LogP contribution in [0.4, 0.5) is 0 Å². The van der Waals surface area contributed by atoms with E-state index in [1.165, 1.54) is 5.56 Å². The van der Waals surface area contributed by atoms with E-state index in [0.717, 1.165) is 25.1 Å². The van der Waals surface area contributed by atoms with Gasteiger partial charge in [-0.25, -0.2) is 0 Å². The molecule has 1 saturated carbocycles. The molecule has 182 valence electrons. The average molecular weight is 474 g/mol. The van der Waals surface area contributed by atoms with Crippen molar-refractivity contribution in [3.05, 3.63) is 83.7 Å². The molecule has 2 amide bonds. The van der Waals surface area contributed by atoms with Crippen LogP contribution in [-0.2, 0) is 17.9 Å². The first-order chi connectivity index (χ1) is 17.0. The van der Waals surface area contributed by atoms with Crippen LogP contribution < -0.4 is 9.47 Å². The third-order valence-electron chi connectivity index (χ3n) is 6.57. The summed E-state index contributed by atoms with van der Waals surface area (Å²) in [5.74, 6) is 1.02. The first-order valence-corrected chi connectivity index (χ1v) is 12.2. The SMILES string of the molecule is CC(C)N(Cc1cccn1Cc1ccccc1)C(=O)CN(C(=O)c1ccc2c(c1)OCO2)C1CC1. The monoisotopic (exact) mass is 473 g/mol. The van der Waals surface area contributed by atoms with Crippen LogP contribution in [0.15, 0.2) is 66.9 Å². The molecular formula is C28H31N3O4. The summed E-state index contributed by atoms with van der Waals surface area (Å²) in [6.07, 6.45) is 3.89. The second-order valence-electron chi connectivity index (χ2n) is 9.46. The van der Waals surface area contributed by atoms with Gasteiger partial charge in [-0.3, -0.25) is 9.59 Å². The Kier molecular flexibility index (Phi) is 6.49. The van der Waals surface area contributed by atoms with E-state index in [1.807, 2.05) is 49.2 Å². The van der Waals surface area contributed by atoms with Gasteiger partial charge in [0.2, 0.25) is 12.7 Å². The molecule has 2 aliphatic rings. The van der Waals surface area contributed by atoms with Gasteiger partial charge in [-0.05, 0) is 62.6 Å². The van der Waals surface area contributed by atoms with Crippen molar-refractivity contribution >= 4 is 11.8 Å². The predicted octanol–water partition coefficient (Wildman–Crippen LogP) is 4.31. The molecule has 1 fully saturated rings. The van der Waals surface area contributed by atoms with Gasteiger partial charge in [-0.1, -0.05) is 30.3 Å². The minimum absolute atomic E-state index is 0.00396. The molecule has 0 unspecified atom stereocenters. The van der Waals surface area contributed by atoms with E-state index < -0.39 is 0 Å². The molecule has 35 heavy (non-hydrogen) atoms. The summed E-state index contributed by atoms with van der Waals surface area (Å²) in [5, 5.41) is 0. The summed E-state index contributed by atoms with van der Waals surface area (Å²) in [6, 6.07) is 19.7. The quantitative estimate of drug-likeness (QED) is 0.465. The summed E-state index contributed by atoms with van der Waals surface area (Å²) in [7, 11) is 0. The topological polar surface area (TPSA) is 64.0 Å². The van der Waals surface area contributed by atoms with E-state index in [1.54, 1.807) is 23.1 Å². The molecule has 1 aliphatic carbocycles. The molecule has 2 aromatic carbocycles. The van der Waals surface area contributed by atoms with E-state index in [4.69, 9.17) is 9.47 Å². The van der Waals surface area contributed by atoms with Gasteiger partial charge in [0, 0.05) is 36.1 Å². The normalized spacial score (nSPS) is 14.3. The first kappa shape index (κ1) is 23.0. The lowest BCUT2D eigenvalue weighted by molar-refractivity contribution is -0.134. The number of amides is 2. The van der Waals surface area contributed by atoms with Crippen molar-refractivity contribution < 1.29 is 19.1 Å². The Hall–Kier alpha value is -3.74. The minimum atomic E-state index is -0.143. The highest BCUT2D eigenvalue weighted by molar-refractivity contribution is 5.97. The molecular weight excluding hydrogens is 442 g/mol. The van der Waals surface area contributed by atoms with Crippen molar-refractivity contribution in [1.82, 2.24) is 14.4 Å². The summed E-state index contributed by atoms with van der Waals surface area (Å²) in [6.45, 7) is 5.50. The first-order valence-electron chi connectivity index (χ1n) is 12.2. The molecule has 0 atom stereocenters. The van der Waals surface area contributed by atoms with Gasteiger partial charge in [0.1, 0.15) is 6.54 Å². The third-order valence-corrected chi connectivity index (χ3v) is 6.57. The van der Waals surface area contributed by atoms with E-state index in [2.05, 4.69) is 22.8 Å². The fourth-order valence-corrected chi connectivity index (χ4v) is 4.45. The molecule has 3 aromatic rings. The number of benzene rings is 2. The molecule has 0 spiro atoms. The van der Waals surface area contributed by atoms with Gasteiger partial charge < -0.3 is 23.8 Å². The Balaban J connectivity index is 1.30. The Morgan fingerprint density at radius 2 is 1.77 bits per heavy atom. The number of ether oxygens (including phenoxy) is 2. The molecule has 0 bridgehead atoms. The van der Waals surface area contributed by atoms with Gasteiger partial charge in [0.15, 0.2) is 11.5 Å². The summed E-state index contributed by atoms with van der Waals surface area (Å²) < 4.78 is 13.0. The van der Waals surface area contributed by atoms with Crippen LogP contribution in [0.2, 0.25) is 0 Å².